The third-order valence-corrected chi connectivity index (χ3v) is 3.62. The van der Waals surface area contributed by atoms with Crippen LogP contribution in [0, 0.1) is 13.8 Å². The fourth-order valence-electron chi connectivity index (χ4n) is 1.48. The molecule has 1 heterocycles. The van der Waals surface area contributed by atoms with Crippen molar-refractivity contribution in [2.45, 2.75) is 23.8 Å². The van der Waals surface area contributed by atoms with Crippen LogP contribution >= 0.6 is 11.8 Å². The predicted octanol–water partition coefficient (Wildman–Crippen LogP) is 2.94. The molecule has 0 aliphatic carbocycles. The van der Waals surface area contributed by atoms with Crippen molar-refractivity contribution in [1.82, 2.24) is 10.2 Å². The Bertz CT molecular complexity index is 599. The monoisotopic (exact) mass is 260 g/mol. The van der Waals surface area contributed by atoms with E-state index in [0.717, 1.165) is 16.0 Å². The lowest BCUT2D eigenvalue weighted by Gasteiger charge is -2.07. The molecule has 0 bridgehead atoms. The normalized spacial score (nSPS) is 10.3. The van der Waals surface area contributed by atoms with E-state index in [4.69, 9.17) is 5.11 Å². The summed E-state index contributed by atoms with van der Waals surface area (Å²) in [5, 5.41) is 17.1. The zero-order valence-electron chi connectivity index (χ0n) is 10.0. The molecular weight excluding hydrogens is 248 g/mol. The maximum absolute atomic E-state index is 11.1. The SMILES string of the molecule is Cc1ccc(C)c(Sc2nnccc2C(=O)O)c1. The third-order valence-electron chi connectivity index (χ3n) is 2.47. The average Bonchev–Trinajstić information content (AvgIpc) is 2.34. The Kier molecular flexibility index (Phi) is 3.62. The minimum Gasteiger partial charge on any atom is -0.478 e. The zero-order chi connectivity index (χ0) is 13.1. The van der Waals surface area contributed by atoms with Gasteiger partial charge in [0, 0.05) is 4.90 Å². The van der Waals surface area contributed by atoms with Gasteiger partial charge >= 0.3 is 5.97 Å². The summed E-state index contributed by atoms with van der Waals surface area (Å²) in [6.45, 7) is 3.98. The first kappa shape index (κ1) is 12.6. The number of benzene rings is 1. The first-order valence-corrected chi connectivity index (χ1v) is 6.19. The Hall–Kier alpha value is -1.88. The van der Waals surface area contributed by atoms with Crippen molar-refractivity contribution in [2.75, 3.05) is 0 Å². The van der Waals surface area contributed by atoms with Crippen molar-refractivity contribution in [1.29, 1.82) is 0 Å². The van der Waals surface area contributed by atoms with Crippen LogP contribution in [0.3, 0.4) is 0 Å². The molecule has 0 saturated carbocycles. The molecule has 0 spiro atoms. The van der Waals surface area contributed by atoms with Gasteiger partial charge in [-0.1, -0.05) is 23.9 Å². The molecule has 0 saturated heterocycles. The van der Waals surface area contributed by atoms with Crippen molar-refractivity contribution in [3.8, 4) is 0 Å². The van der Waals surface area contributed by atoms with Crippen molar-refractivity contribution >= 4 is 17.7 Å². The Morgan fingerprint density at radius 2 is 2.06 bits per heavy atom. The van der Waals surface area contributed by atoms with Crippen LogP contribution < -0.4 is 0 Å². The summed E-state index contributed by atoms with van der Waals surface area (Å²) < 4.78 is 0. The van der Waals surface area contributed by atoms with E-state index < -0.39 is 5.97 Å². The maximum Gasteiger partial charge on any atom is 0.338 e. The van der Waals surface area contributed by atoms with Gasteiger partial charge in [-0.05, 0) is 37.1 Å². The molecule has 1 aromatic carbocycles. The molecule has 1 aromatic heterocycles. The van der Waals surface area contributed by atoms with Gasteiger partial charge in [-0.25, -0.2) is 4.79 Å². The van der Waals surface area contributed by atoms with E-state index in [1.54, 1.807) is 0 Å². The van der Waals surface area contributed by atoms with Gasteiger partial charge in [-0.2, -0.15) is 5.10 Å². The van der Waals surface area contributed by atoms with Crippen LogP contribution in [-0.2, 0) is 0 Å². The lowest BCUT2D eigenvalue weighted by Crippen LogP contribution is -2.01. The summed E-state index contributed by atoms with van der Waals surface area (Å²) in [6, 6.07) is 7.51. The standard InChI is InChI=1S/C13H12N2O2S/c1-8-3-4-9(2)11(7-8)18-12-10(13(16)17)5-6-14-15-12/h3-7H,1-2H3,(H,16,17). The Labute approximate surface area is 109 Å². The van der Waals surface area contributed by atoms with Gasteiger partial charge in [0.05, 0.1) is 11.8 Å². The summed E-state index contributed by atoms with van der Waals surface area (Å²) in [4.78, 5) is 12.1. The van der Waals surface area contributed by atoms with Crippen molar-refractivity contribution in [3.63, 3.8) is 0 Å². The van der Waals surface area contributed by atoms with E-state index in [-0.39, 0.29) is 5.56 Å². The molecule has 0 unspecified atom stereocenters. The molecule has 92 valence electrons. The highest BCUT2D eigenvalue weighted by Gasteiger charge is 2.13. The van der Waals surface area contributed by atoms with E-state index >= 15 is 0 Å². The molecule has 0 atom stereocenters. The summed E-state index contributed by atoms with van der Waals surface area (Å²) >= 11 is 1.33. The number of carboxylic acid groups (broad SMARTS) is 1. The zero-order valence-corrected chi connectivity index (χ0v) is 10.9. The summed E-state index contributed by atoms with van der Waals surface area (Å²) in [5.41, 5.74) is 2.40. The van der Waals surface area contributed by atoms with Gasteiger partial charge in [0.25, 0.3) is 0 Å². The Morgan fingerprint density at radius 1 is 1.28 bits per heavy atom. The molecule has 18 heavy (non-hydrogen) atoms. The summed E-state index contributed by atoms with van der Waals surface area (Å²) in [5.74, 6) is -0.988. The average molecular weight is 260 g/mol. The number of aromatic nitrogens is 2. The molecule has 0 aliphatic heterocycles. The first-order chi connectivity index (χ1) is 8.58. The van der Waals surface area contributed by atoms with E-state index in [9.17, 15) is 4.79 Å². The van der Waals surface area contributed by atoms with Crippen LogP contribution in [0.1, 0.15) is 21.5 Å². The van der Waals surface area contributed by atoms with Crippen molar-refractivity contribution < 1.29 is 9.90 Å². The molecule has 0 fully saturated rings. The lowest BCUT2D eigenvalue weighted by atomic mass is 10.2. The number of aryl methyl sites for hydroxylation is 2. The van der Waals surface area contributed by atoms with Gasteiger partial charge in [0.2, 0.25) is 0 Å². The van der Waals surface area contributed by atoms with Crippen LogP contribution in [0.25, 0.3) is 0 Å². The van der Waals surface area contributed by atoms with Gasteiger partial charge in [0.15, 0.2) is 0 Å². The number of hydrogen-bond acceptors (Lipinski definition) is 4. The van der Waals surface area contributed by atoms with Gasteiger partial charge in [0.1, 0.15) is 5.03 Å². The molecule has 1 N–H and O–H groups in total. The first-order valence-electron chi connectivity index (χ1n) is 5.38. The highest BCUT2D eigenvalue weighted by molar-refractivity contribution is 7.99. The van der Waals surface area contributed by atoms with Crippen LogP contribution in [0.2, 0.25) is 0 Å². The van der Waals surface area contributed by atoms with Gasteiger partial charge in [-0.15, -0.1) is 5.10 Å². The molecule has 2 rings (SSSR count). The largest absolute Gasteiger partial charge is 0.478 e. The minimum absolute atomic E-state index is 0.177. The molecule has 0 amide bonds. The number of carboxylic acids is 1. The maximum atomic E-state index is 11.1. The molecule has 0 radical (unpaired) electrons. The molecular formula is C13H12N2O2S. The lowest BCUT2D eigenvalue weighted by molar-refractivity contribution is 0.0692. The highest BCUT2D eigenvalue weighted by atomic mass is 32.2. The Balaban J connectivity index is 2.40. The van der Waals surface area contributed by atoms with E-state index in [1.807, 2.05) is 32.0 Å². The summed E-state index contributed by atoms with van der Waals surface area (Å²) in [6.07, 6.45) is 1.39. The van der Waals surface area contributed by atoms with Crippen molar-refractivity contribution in [2.24, 2.45) is 0 Å². The number of rotatable bonds is 3. The third kappa shape index (κ3) is 2.68. The van der Waals surface area contributed by atoms with Gasteiger partial charge in [-0.3, -0.25) is 0 Å². The highest BCUT2D eigenvalue weighted by Crippen LogP contribution is 2.31. The Morgan fingerprint density at radius 3 is 2.78 bits per heavy atom. The van der Waals surface area contributed by atoms with Crippen LogP contribution in [0.5, 0.6) is 0 Å². The molecule has 0 aliphatic rings. The predicted molar refractivity (Wildman–Crippen MR) is 69.0 cm³/mol. The minimum atomic E-state index is -0.988. The van der Waals surface area contributed by atoms with E-state index in [0.29, 0.717) is 5.03 Å². The van der Waals surface area contributed by atoms with E-state index in [1.165, 1.54) is 24.0 Å². The fourth-order valence-corrected chi connectivity index (χ4v) is 2.51. The number of aromatic carboxylic acids is 1. The second kappa shape index (κ2) is 5.18. The smallest absolute Gasteiger partial charge is 0.338 e. The summed E-state index contributed by atoms with van der Waals surface area (Å²) in [7, 11) is 0. The van der Waals surface area contributed by atoms with Crippen LogP contribution in [0.15, 0.2) is 40.4 Å². The molecule has 2 aromatic rings. The fraction of sp³-hybridized carbons (Fsp3) is 0.154. The molecule has 4 nitrogen and oxygen atoms in total. The number of nitrogens with zero attached hydrogens (tertiary/aromatic N) is 2. The number of hydrogen-bond donors (Lipinski definition) is 1. The quantitative estimate of drug-likeness (QED) is 0.919. The van der Waals surface area contributed by atoms with Crippen LogP contribution in [0.4, 0.5) is 0 Å². The molecule has 5 heteroatoms. The van der Waals surface area contributed by atoms with Crippen molar-refractivity contribution in [3.05, 3.63) is 47.2 Å². The van der Waals surface area contributed by atoms with E-state index in [2.05, 4.69) is 10.2 Å². The number of carbonyl (C=O) groups is 1. The van der Waals surface area contributed by atoms with Gasteiger partial charge < -0.3 is 5.11 Å². The second-order valence-corrected chi connectivity index (χ2v) is 4.96. The van der Waals surface area contributed by atoms with Crippen LogP contribution in [-0.4, -0.2) is 21.3 Å². The second-order valence-electron chi connectivity index (χ2n) is 3.93. The topological polar surface area (TPSA) is 63.1 Å².